The fraction of sp³-hybridized carbons (Fsp3) is 0.727. The Bertz CT molecular complexity index is 330. The summed E-state index contributed by atoms with van der Waals surface area (Å²) in [6.45, 7) is 0.303. The summed E-state index contributed by atoms with van der Waals surface area (Å²) in [6, 6.07) is 0. The van der Waals surface area contributed by atoms with Gasteiger partial charge in [-0.3, -0.25) is 19.3 Å². The van der Waals surface area contributed by atoms with Gasteiger partial charge in [0.05, 0.1) is 6.42 Å². The summed E-state index contributed by atoms with van der Waals surface area (Å²) >= 11 is 0. The van der Waals surface area contributed by atoms with E-state index in [0.29, 0.717) is 6.54 Å². The maximum absolute atomic E-state index is 11.4. The largest absolute Gasteiger partial charge is 0.481 e. The van der Waals surface area contributed by atoms with Crippen LogP contribution in [0.15, 0.2) is 0 Å². The van der Waals surface area contributed by atoms with Crippen molar-refractivity contribution in [2.24, 2.45) is 5.41 Å². The number of rotatable bonds is 4. The second-order valence-electron chi connectivity index (χ2n) is 4.80. The molecule has 1 aliphatic heterocycles. The maximum Gasteiger partial charge on any atom is 0.303 e. The number of hydrogen-bond acceptors (Lipinski definition) is 3. The first kappa shape index (κ1) is 11.1. The number of likely N-dealkylation sites (tertiary alicyclic amines) is 1. The number of carboxylic acids is 1. The van der Waals surface area contributed by atoms with E-state index < -0.39 is 5.97 Å². The van der Waals surface area contributed by atoms with Crippen molar-refractivity contribution in [3.63, 3.8) is 0 Å². The molecule has 1 heterocycles. The molecule has 0 unspecified atom stereocenters. The molecule has 1 saturated heterocycles. The lowest BCUT2D eigenvalue weighted by Crippen LogP contribution is -2.45. The molecule has 2 fully saturated rings. The van der Waals surface area contributed by atoms with Crippen LogP contribution in [0.2, 0.25) is 0 Å². The number of amides is 2. The summed E-state index contributed by atoms with van der Waals surface area (Å²) in [5.74, 6) is -1.15. The summed E-state index contributed by atoms with van der Waals surface area (Å²) in [5.41, 5.74) is -0.346. The van der Waals surface area contributed by atoms with Gasteiger partial charge >= 0.3 is 5.97 Å². The van der Waals surface area contributed by atoms with Crippen LogP contribution in [-0.4, -0.2) is 34.3 Å². The van der Waals surface area contributed by atoms with Crippen LogP contribution in [0, 0.1) is 5.41 Å². The van der Waals surface area contributed by atoms with Gasteiger partial charge in [0, 0.05) is 19.4 Å². The molecule has 0 aromatic heterocycles. The predicted octanol–water partition coefficient (Wildman–Crippen LogP) is 0.780. The predicted molar refractivity (Wildman–Crippen MR) is 54.5 cm³/mol. The van der Waals surface area contributed by atoms with E-state index in [2.05, 4.69) is 0 Å². The first-order valence-corrected chi connectivity index (χ1v) is 5.57. The molecule has 0 radical (unpaired) electrons. The van der Waals surface area contributed by atoms with E-state index in [1.165, 1.54) is 4.90 Å². The SMILES string of the molecule is O=C(O)CC1(CN2C(=O)CCC2=O)CCC1. The number of imide groups is 1. The van der Waals surface area contributed by atoms with E-state index in [0.717, 1.165) is 19.3 Å². The fourth-order valence-corrected chi connectivity index (χ4v) is 2.52. The molecule has 5 nitrogen and oxygen atoms in total. The molecule has 0 spiro atoms. The monoisotopic (exact) mass is 225 g/mol. The normalized spacial score (nSPS) is 23.4. The van der Waals surface area contributed by atoms with Crippen LogP contribution in [0.3, 0.4) is 0 Å². The van der Waals surface area contributed by atoms with Crippen LogP contribution in [0.5, 0.6) is 0 Å². The minimum atomic E-state index is -0.848. The van der Waals surface area contributed by atoms with Crippen molar-refractivity contribution in [2.75, 3.05) is 6.54 Å². The summed E-state index contributed by atoms with van der Waals surface area (Å²) < 4.78 is 0. The topological polar surface area (TPSA) is 74.7 Å². The highest BCUT2D eigenvalue weighted by atomic mass is 16.4. The number of carboxylic acid groups (broad SMARTS) is 1. The van der Waals surface area contributed by atoms with E-state index in [1.807, 2.05) is 0 Å². The Morgan fingerprint density at radius 3 is 2.19 bits per heavy atom. The van der Waals surface area contributed by atoms with Gasteiger partial charge < -0.3 is 5.11 Å². The number of aliphatic carboxylic acids is 1. The number of nitrogens with zero attached hydrogens (tertiary/aromatic N) is 1. The van der Waals surface area contributed by atoms with Gasteiger partial charge in [-0.1, -0.05) is 6.42 Å². The van der Waals surface area contributed by atoms with Crippen LogP contribution in [-0.2, 0) is 14.4 Å². The van der Waals surface area contributed by atoms with Crippen molar-refractivity contribution in [2.45, 2.75) is 38.5 Å². The third kappa shape index (κ3) is 1.94. The first-order valence-electron chi connectivity index (χ1n) is 5.57. The zero-order valence-corrected chi connectivity index (χ0v) is 9.07. The van der Waals surface area contributed by atoms with Crippen molar-refractivity contribution in [1.82, 2.24) is 4.90 Å². The minimum Gasteiger partial charge on any atom is -0.481 e. The smallest absolute Gasteiger partial charge is 0.303 e. The Morgan fingerprint density at radius 2 is 1.81 bits per heavy atom. The summed E-state index contributed by atoms with van der Waals surface area (Å²) in [6.07, 6.45) is 3.21. The highest BCUT2D eigenvalue weighted by molar-refractivity contribution is 6.02. The van der Waals surface area contributed by atoms with Gasteiger partial charge in [-0.05, 0) is 18.3 Å². The third-order valence-corrected chi connectivity index (χ3v) is 3.59. The molecule has 2 aliphatic rings. The van der Waals surface area contributed by atoms with E-state index in [9.17, 15) is 14.4 Å². The molecule has 1 aliphatic carbocycles. The zero-order valence-electron chi connectivity index (χ0n) is 9.07. The van der Waals surface area contributed by atoms with E-state index >= 15 is 0 Å². The van der Waals surface area contributed by atoms with Crippen LogP contribution >= 0.6 is 0 Å². The van der Waals surface area contributed by atoms with E-state index in [4.69, 9.17) is 5.11 Å². The molecule has 0 bridgehead atoms. The quantitative estimate of drug-likeness (QED) is 0.717. The molecule has 1 saturated carbocycles. The van der Waals surface area contributed by atoms with Gasteiger partial charge in [-0.2, -0.15) is 0 Å². The molecular formula is C11H15NO4. The van der Waals surface area contributed by atoms with Crippen molar-refractivity contribution in [3.05, 3.63) is 0 Å². The standard InChI is InChI=1S/C11H15NO4/c13-8-2-3-9(14)12(8)7-11(4-1-5-11)6-10(15)16/h1-7H2,(H,15,16). The van der Waals surface area contributed by atoms with E-state index in [-0.39, 0.29) is 36.5 Å². The molecule has 1 N–H and O–H groups in total. The lowest BCUT2D eigenvalue weighted by molar-refractivity contribution is -0.148. The molecule has 88 valence electrons. The van der Waals surface area contributed by atoms with Crippen LogP contribution in [0.1, 0.15) is 38.5 Å². The molecule has 2 rings (SSSR count). The second-order valence-corrected chi connectivity index (χ2v) is 4.80. The second kappa shape index (κ2) is 3.88. The van der Waals surface area contributed by atoms with Crippen molar-refractivity contribution in [3.8, 4) is 0 Å². The lowest BCUT2D eigenvalue weighted by atomic mass is 9.66. The van der Waals surface area contributed by atoms with Crippen LogP contribution in [0.4, 0.5) is 0 Å². The Kier molecular flexibility index (Phi) is 2.69. The lowest BCUT2D eigenvalue weighted by Gasteiger charge is -2.42. The van der Waals surface area contributed by atoms with Gasteiger partial charge in [-0.15, -0.1) is 0 Å². The molecule has 5 heteroatoms. The molecule has 2 amide bonds. The number of carbonyl (C=O) groups excluding carboxylic acids is 2. The summed E-state index contributed by atoms with van der Waals surface area (Å²) in [5, 5.41) is 8.83. The average Bonchev–Trinajstić information content (AvgIpc) is 2.44. The first-order chi connectivity index (χ1) is 7.52. The Labute approximate surface area is 93.4 Å². The Hall–Kier alpha value is -1.39. The summed E-state index contributed by atoms with van der Waals surface area (Å²) in [7, 11) is 0. The van der Waals surface area contributed by atoms with Gasteiger partial charge in [0.1, 0.15) is 0 Å². The average molecular weight is 225 g/mol. The molecule has 0 aromatic carbocycles. The van der Waals surface area contributed by atoms with Crippen molar-refractivity contribution >= 4 is 17.8 Å². The molecule has 0 atom stereocenters. The van der Waals surface area contributed by atoms with Crippen LogP contribution in [0.25, 0.3) is 0 Å². The highest BCUT2D eigenvalue weighted by Crippen LogP contribution is 2.45. The summed E-state index contributed by atoms with van der Waals surface area (Å²) in [4.78, 5) is 34.9. The van der Waals surface area contributed by atoms with Crippen molar-refractivity contribution < 1.29 is 19.5 Å². The number of hydrogen-bond donors (Lipinski definition) is 1. The number of carbonyl (C=O) groups is 3. The Balaban J connectivity index is 2.03. The van der Waals surface area contributed by atoms with Gasteiger partial charge in [0.25, 0.3) is 0 Å². The van der Waals surface area contributed by atoms with Crippen LogP contribution < -0.4 is 0 Å². The molecule has 16 heavy (non-hydrogen) atoms. The molecular weight excluding hydrogens is 210 g/mol. The maximum atomic E-state index is 11.4. The highest BCUT2D eigenvalue weighted by Gasteiger charge is 2.44. The third-order valence-electron chi connectivity index (χ3n) is 3.59. The van der Waals surface area contributed by atoms with Crippen molar-refractivity contribution in [1.29, 1.82) is 0 Å². The fourth-order valence-electron chi connectivity index (χ4n) is 2.52. The van der Waals surface area contributed by atoms with Gasteiger partial charge in [-0.25, -0.2) is 0 Å². The van der Waals surface area contributed by atoms with Gasteiger partial charge in [0.2, 0.25) is 11.8 Å². The van der Waals surface area contributed by atoms with Gasteiger partial charge in [0.15, 0.2) is 0 Å². The van der Waals surface area contributed by atoms with E-state index in [1.54, 1.807) is 0 Å². The minimum absolute atomic E-state index is 0.0596. The zero-order chi connectivity index (χ0) is 11.8. The molecule has 0 aromatic rings. The Morgan fingerprint density at radius 1 is 1.25 bits per heavy atom.